The van der Waals surface area contributed by atoms with Gasteiger partial charge in [-0.1, -0.05) is 30.9 Å². The zero-order chi connectivity index (χ0) is 12.3. The maximum Gasteiger partial charge on any atom is 0.130 e. The minimum atomic E-state index is 0.431. The molecule has 1 saturated carbocycles. The lowest BCUT2D eigenvalue weighted by Gasteiger charge is -2.28. The third kappa shape index (κ3) is 3.50. The summed E-state index contributed by atoms with van der Waals surface area (Å²) in [5.74, 6) is 2.00. The fourth-order valence-corrected chi connectivity index (χ4v) is 2.79. The number of nitrogens with one attached hydrogen (secondary N) is 1. The third-order valence-corrected chi connectivity index (χ3v) is 3.76. The van der Waals surface area contributed by atoms with E-state index < -0.39 is 0 Å². The average Bonchev–Trinajstić information content (AvgIpc) is 2.28. The van der Waals surface area contributed by atoms with Crippen LogP contribution < -0.4 is 11.1 Å². The predicted molar refractivity (Wildman–Crippen MR) is 73.3 cm³/mol. The highest BCUT2D eigenvalue weighted by Crippen LogP contribution is 2.28. The van der Waals surface area contributed by atoms with Gasteiger partial charge in [0.25, 0.3) is 0 Å². The van der Waals surface area contributed by atoms with Crippen LogP contribution in [0.5, 0.6) is 0 Å². The SMILES string of the molecule is C[C@H](Nc1cc(Cl)cc(N)n1)C1CCCCC1. The van der Waals surface area contributed by atoms with Crippen molar-refractivity contribution in [2.75, 3.05) is 11.1 Å². The monoisotopic (exact) mass is 253 g/mol. The Hall–Kier alpha value is -0.960. The molecule has 1 atom stereocenters. The van der Waals surface area contributed by atoms with Crippen LogP contribution in [-0.2, 0) is 0 Å². The average molecular weight is 254 g/mol. The minimum absolute atomic E-state index is 0.431. The Balaban J connectivity index is 1.99. The summed E-state index contributed by atoms with van der Waals surface area (Å²) in [4.78, 5) is 4.25. The molecule has 0 aliphatic heterocycles. The molecule has 1 aliphatic rings. The van der Waals surface area contributed by atoms with Crippen molar-refractivity contribution >= 4 is 23.2 Å². The zero-order valence-electron chi connectivity index (χ0n) is 10.2. The molecule has 1 aromatic rings. The van der Waals surface area contributed by atoms with Crippen molar-refractivity contribution in [3.05, 3.63) is 17.2 Å². The maximum absolute atomic E-state index is 5.96. The summed E-state index contributed by atoms with van der Waals surface area (Å²) in [6.45, 7) is 2.22. The highest BCUT2D eigenvalue weighted by Gasteiger charge is 2.20. The Morgan fingerprint density at radius 3 is 2.71 bits per heavy atom. The highest BCUT2D eigenvalue weighted by atomic mass is 35.5. The van der Waals surface area contributed by atoms with Gasteiger partial charge in [0.15, 0.2) is 0 Å². The van der Waals surface area contributed by atoms with E-state index in [1.807, 2.05) is 6.07 Å². The molecule has 94 valence electrons. The molecule has 3 N–H and O–H groups in total. The van der Waals surface area contributed by atoms with Crippen LogP contribution in [0.2, 0.25) is 5.02 Å². The number of aromatic nitrogens is 1. The van der Waals surface area contributed by atoms with Gasteiger partial charge < -0.3 is 11.1 Å². The number of hydrogen-bond donors (Lipinski definition) is 2. The molecule has 1 heterocycles. The normalized spacial score (nSPS) is 18.9. The van der Waals surface area contributed by atoms with Crippen LogP contribution in [0, 0.1) is 5.92 Å². The third-order valence-electron chi connectivity index (χ3n) is 3.54. The Labute approximate surface area is 108 Å². The topological polar surface area (TPSA) is 50.9 Å². The van der Waals surface area contributed by atoms with E-state index in [-0.39, 0.29) is 0 Å². The summed E-state index contributed by atoms with van der Waals surface area (Å²) >= 11 is 5.96. The van der Waals surface area contributed by atoms with E-state index in [4.69, 9.17) is 17.3 Å². The number of halogens is 1. The second-order valence-electron chi connectivity index (χ2n) is 4.93. The van der Waals surface area contributed by atoms with Crippen LogP contribution in [0.15, 0.2) is 12.1 Å². The lowest BCUT2D eigenvalue weighted by molar-refractivity contribution is 0.328. The fourth-order valence-electron chi connectivity index (χ4n) is 2.58. The number of rotatable bonds is 3. The van der Waals surface area contributed by atoms with Gasteiger partial charge in [0.1, 0.15) is 11.6 Å². The first kappa shape index (κ1) is 12.5. The molecule has 3 nitrogen and oxygen atoms in total. The van der Waals surface area contributed by atoms with E-state index in [9.17, 15) is 0 Å². The van der Waals surface area contributed by atoms with Crippen molar-refractivity contribution in [1.82, 2.24) is 4.98 Å². The van der Waals surface area contributed by atoms with Crippen LogP contribution in [-0.4, -0.2) is 11.0 Å². The molecular weight excluding hydrogens is 234 g/mol. The predicted octanol–water partition coefficient (Wildman–Crippen LogP) is 3.70. The van der Waals surface area contributed by atoms with Gasteiger partial charge in [-0.25, -0.2) is 4.98 Å². The molecule has 0 radical (unpaired) electrons. The van der Waals surface area contributed by atoms with Crippen molar-refractivity contribution in [2.45, 2.75) is 45.1 Å². The van der Waals surface area contributed by atoms with Gasteiger partial charge in [-0.2, -0.15) is 0 Å². The molecule has 0 aromatic carbocycles. The summed E-state index contributed by atoms with van der Waals surface area (Å²) < 4.78 is 0. The standard InChI is InChI=1S/C13H20ClN3/c1-9(10-5-3-2-4-6-10)16-13-8-11(14)7-12(15)17-13/h7-10H,2-6H2,1H3,(H3,15,16,17)/t9-/m0/s1. The van der Waals surface area contributed by atoms with Crippen LogP contribution in [0.3, 0.4) is 0 Å². The lowest BCUT2D eigenvalue weighted by Crippen LogP contribution is -2.28. The van der Waals surface area contributed by atoms with Crippen molar-refractivity contribution in [3.63, 3.8) is 0 Å². The Kier molecular flexibility index (Phi) is 4.11. The lowest BCUT2D eigenvalue weighted by atomic mass is 9.84. The van der Waals surface area contributed by atoms with Gasteiger partial charge >= 0.3 is 0 Å². The first-order chi connectivity index (χ1) is 8.15. The second-order valence-corrected chi connectivity index (χ2v) is 5.36. The number of nitrogens with two attached hydrogens (primary N) is 1. The van der Waals surface area contributed by atoms with E-state index in [0.29, 0.717) is 16.9 Å². The quantitative estimate of drug-likeness (QED) is 0.864. The van der Waals surface area contributed by atoms with Crippen LogP contribution >= 0.6 is 11.6 Å². The number of hydrogen-bond acceptors (Lipinski definition) is 3. The highest BCUT2D eigenvalue weighted by molar-refractivity contribution is 6.31. The van der Waals surface area contributed by atoms with E-state index in [1.54, 1.807) is 6.07 Å². The van der Waals surface area contributed by atoms with Gasteiger partial charge in [0.05, 0.1) is 0 Å². The summed E-state index contributed by atoms with van der Waals surface area (Å²) in [5, 5.41) is 4.05. The first-order valence-corrected chi connectivity index (χ1v) is 6.72. The fraction of sp³-hybridized carbons (Fsp3) is 0.615. The molecule has 17 heavy (non-hydrogen) atoms. The van der Waals surface area contributed by atoms with E-state index in [1.165, 1.54) is 32.1 Å². The van der Waals surface area contributed by atoms with Gasteiger partial charge in [0, 0.05) is 11.1 Å². The van der Waals surface area contributed by atoms with Crippen LogP contribution in [0.4, 0.5) is 11.6 Å². The second kappa shape index (κ2) is 5.58. The molecular formula is C13H20ClN3. The molecule has 0 bridgehead atoms. The molecule has 1 fully saturated rings. The minimum Gasteiger partial charge on any atom is -0.384 e. The summed E-state index contributed by atoms with van der Waals surface area (Å²) in [6.07, 6.45) is 6.70. The maximum atomic E-state index is 5.96. The first-order valence-electron chi connectivity index (χ1n) is 6.35. The van der Waals surface area contributed by atoms with Crippen molar-refractivity contribution < 1.29 is 0 Å². The number of nitrogen functional groups attached to an aromatic ring is 1. The van der Waals surface area contributed by atoms with Gasteiger partial charge in [0.2, 0.25) is 0 Å². The largest absolute Gasteiger partial charge is 0.384 e. The Bertz CT molecular complexity index is 355. The molecule has 0 amide bonds. The van der Waals surface area contributed by atoms with Gasteiger partial charge in [-0.3, -0.25) is 0 Å². The van der Waals surface area contributed by atoms with Crippen molar-refractivity contribution in [1.29, 1.82) is 0 Å². The molecule has 1 aliphatic carbocycles. The van der Waals surface area contributed by atoms with E-state index in [2.05, 4.69) is 17.2 Å². The number of nitrogens with zero attached hydrogens (tertiary/aromatic N) is 1. The van der Waals surface area contributed by atoms with Crippen LogP contribution in [0.25, 0.3) is 0 Å². The molecule has 0 spiro atoms. The van der Waals surface area contributed by atoms with Crippen molar-refractivity contribution in [3.8, 4) is 0 Å². The number of pyridine rings is 1. The van der Waals surface area contributed by atoms with Crippen molar-refractivity contribution in [2.24, 2.45) is 5.92 Å². The molecule has 0 unspecified atom stereocenters. The smallest absolute Gasteiger partial charge is 0.130 e. The summed E-state index contributed by atoms with van der Waals surface area (Å²) in [6, 6.07) is 3.93. The summed E-state index contributed by atoms with van der Waals surface area (Å²) in [5.41, 5.74) is 5.68. The Morgan fingerprint density at radius 2 is 2.06 bits per heavy atom. The molecule has 4 heteroatoms. The molecule has 1 aromatic heterocycles. The van der Waals surface area contributed by atoms with E-state index in [0.717, 1.165) is 11.7 Å². The molecule has 0 saturated heterocycles. The Morgan fingerprint density at radius 1 is 1.35 bits per heavy atom. The zero-order valence-corrected chi connectivity index (χ0v) is 11.0. The van der Waals surface area contributed by atoms with Gasteiger partial charge in [-0.15, -0.1) is 0 Å². The van der Waals surface area contributed by atoms with E-state index >= 15 is 0 Å². The van der Waals surface area contributed by atoms with Gasteiger partial charge in [-0.05, 0) is 37.8 Å². The molecule has 2 rings (SSSR count). The van der Waals surface area contributed by atoms with Crippen LogP contribution in [0.1, 0.15) is 39.0 Å². The number of anilines is 2. The summed E-state index contributed by atoms with van der Waals surface area (Å²) in [7, 11) is 0.